The number of aromatic nitrogens is 4. The SMILES string of the molecule is CC(C)(C)N(O)c1ncc2ncnc(Nc3cccc([N+](=O)[O-])c3)c2n1. The number of fused-ring (bicyclic) bond motifs is 1. The van der Waals surface area contributed by atoms with Gasteiger partial charge in [-0.3, -0.25) is 15.3 Å². The Morgan fingerprint density at radius 1 is 1.23 bits per heavy atom. The van der Waals surface area contributed by atoms with Crippen LogP contribution >= 0.6 is 0 Å². The summed E-state index contributed by atoms with van der Waals surface area (Å²) in [5, 5.41) is 25.2. The lowest BCUT2D eigenvalue weighted by Gasteiger charge is -2.29. The van der Waals surface area contributed by atoms with Gasteiger partial charge in [-0.2, -0.15) is 0 Å². The smallest absolute Gasteiger partial charge is 0.271 e. The van der Waals surface area contributed by atoms with Crippen LogP contribution in [0.25, 0.3) is 11.0 Å². The van der Waals surface area contributed by atoms with Crippen LogP contribution in [0.5, 0.6) is 0 Å². The second-order valence-electron chi connectivity index (χ2n) is 6.54. The summed E-state index contributed by atoms with van der Waals surface area (Å²) in [6, 6.07) is 6.04. The van der Waals surface area contributed by atoms with Gasteiger partial charge >= 0.3 is 0 Å². The van der Waals surface area contributed by atoms with Crippen molar-refractivity contribution in [1.82, 2.24) is 19.9 Å². The van der Waals surface area contributed by atoms with Crippen LogP contribution in [-0.2, 0) is 0 Å². The molecule has 3 rings (SSSR count). The third kappa shape index (κ3) is 3.49. The van der Waals surface area contributed by atoms with E-state index in [2.05, 4.69) is 25.3 Å². The van der Waals surface area contributed by atoms with E-state index in [0.717, 1.165) is 5.06 Å². The zero-order valence-electron chi connectivity index (χ0n) is 14.4. The molecule has 0 bridgehead atoms. The van der Waals surface area contributed by atoms with Gasteiger partial charge in [0.05, 0.1) is 16.7 Å². The molecule has 134 valence electrons. The fourth-order valence-corrected chi connectivity index (χ4v) is 2.17. The second-order valence-corrected chi connectivity index (χ2v) is 6.54. The molecule has 2 aromatic heterocycles. The van der Waals surface area contributed by atoms with E-state index in [4.69, 9.17) is 0 Å². The molecule has 2 heterocycles. The van der Waals surface area contributed by atoms with Gasteiger partial charge in [0.2, 0.25) is 0 Å². The summed E-state index contributed by atoms with van der Waals surface area (Å²) in [6.07, 6.45) is 2.82. The summed E-state index contributed by atoms with van der Waals surface area (Å²) in [5.74, 6) is 0.448. The van der Waals surface area contributed by atoms with Crippen molar-refractivity contribution in [3.8, 4) is 0 Å². The van der Waals surface area contributed by atoms with Gasteiger partial charge in [-0.1, -0.05) is 6.07 Å². The number of hydrogen-bond donors (Lipinski definition) is 2. The van der Waals surface area contributed by atoms with Crippen molar-refractivity contribution in [2.75, 3.05) is 10.4 Å². The first-order valence-corrected chi connectivity index (χ1v) is 7.74. The minimum atomic E-state index is -0.600. The monoisotopic (exact) mass is 355 g/mol. The molecule has 0 fully saturated rings. The van der Waals surface area contributed by atoms with Crippen molar-refractivity contribution < 1.29 is 10.1 Å². The van der Waals surface area contributed by atoms with Crippen LogP contribution in [0, 0.1) is 10.1 Å². The van der Waals surface area contributed by atoms with Crippen LogP contribution in [0.15, 0.2) is 36.8 Å². The average molecular weight is 355 g/mol. The largest absolute Gasteiger partial charge is 0.338 e. The van der Waals surface area contributed by atoms with Gasteiger partial charge in [0.25, 0.3) is 11.6 Å². The third-order valence-corrected chi connectivity index (χ3v) is 3.51. The van der Waals surface area contributed by atoms with E-state index in [-0.39, 0.29) is 11.6 Å². The highest BCUT2D eigenvalue weighted by Crippen LogP contribution is 2.26. The highest BCUT2D eigenvalue weighted by Gasteiger charge is 2.23. The van der Waals surface area contributed by atoms with Crippen LogP contribution in [-0.4, -0.2) is 35.6 Å². The number of rotatable bonds is 4. The summed E-state index contributed by atoms with van der Waals surface area (Å²) in [4.78, 5) is 27.2. The summed E-state index contributed by atoms with van der Waals surface area (Å²) < 4.78 is 0. The number of nitro groups is 1. The maximum absolute atomic E-state index is 10.9. The highest BCUT2D eigenvalue weighted by molar-refractivity contribution is 5.87. The molecular weight excluding hydrogens is 338 g/mol. The molecule has 2 N–H and O–H groups in total. The van der Waals surface area contributed by atoms with Gasteiger partial charge in [-0.15, -0.1) is 0 Å². The van der Waals surface area contributed by atoms with E-state index in [1.54, 1.807) is 12.1 Å². The van der Waals surface area contributed by atoms with E-state index < -0.39 is 10.5 Å². The topological polar surface area (TPSA) is 130 Å². The Morgan fingerprint density at radius 3 is 2.69 bits per heavy atom. The Morgan fingerprint density at radius 2 is 2.00 bits per heavy atom. The molecule has 0 saturated heterocycles. The first-order valence-electron chi connectivity index (χ1n) is 7.74. The summed E-state index contributed by atoms with van der Waals surface area (Å²) in [5.41, 5.74) is 0.692. The molecule has 0 unspecified atom stereocenters. The molecule has 0 radical (unpaired) electrons. The number of hydrogen-bond acceptors (Lipinski definition) is 9. The zero-order chi connectivity index (χ0) is 18.9. The predicted octanol–water partition coefficient (Wildman–Crippen LogP) is 3.07. The fraction of sp³-hybridized carbons (Fsp3) is 0.250. The van der Waals surface area contributed by atoms with Crippen molar-refractivity contribution in [3.05, 3.63) is 46.9 Å². The molecule has 1 aromatic carbocycles. The summed E-state index contributed by atoms with van der Waals surface area (Å²) in [7, 11) is 0. The number of hydroxylamine groups is 1. The normalized spacial score (nSPS) is 11.4. The van der Waals surface area contributed by atoms with Gasteiger partial charge in [-0.05, 0) is 26.8 Å². The second kappa shape index (κ2) is 6.48. The molecule has 0 aliphatic carbocycles. The minimum Gasteiger partial charge on any atom is -0.338 e. The molecule has 0 aliphatic heterocycles. The molecule has 3 aromatic rings. The first-order chi connectivity index (χ1) is 12.3. The van der Waals surface area contributed by atoms with Crippen molar-refractivity contribution in [2.45, 2.75) is 26.3 Å². The number of nitrogens with one attached hydrogen (secondary N) is 1. The minimum absolute atomic E-state index is 0.0436. The van der Waals surface area contributed by atoms with E-state index in [1.807, 2.05) is 20.8 Å². The third-order valence-electron chi connectivity index (χ3n) is 3.51. The quantitative estimate of drug-likeness (QED) is 0.535. The molecule has 10 heteroatoms. The molecule has 0 atom stereocenters. The van der Waals surface area contributed by atoms with Gasteiger partial charge in [-0.25, -0.2) is 25.0 Å². The molecule has 0 aliphatic rings. The Balaban J connectivity index is 2.03. The Kier molecular flexibility index (Phi) is 4.34. The molecule has 10 nitrogen and oxygen atoms in total. The van der Waals surface area contributed by atoms with Gasteiger partial charge in [0.15, 0.2) is 5.82 Å². The highest BCUT2D eigenvalue weighted by atomic mass is 16.6. The van der Waals surface area contributed by atoms with Crippen LogP contribution in [0.2, 0.25) is 0 Å². The lowest BCUT2D eigenvalue weighted by molar-refractivity contribution is -0.384. The van der Waals surface area contributed by atoms with E-state index in [0.29, 0.717) is 22.5 Å². The number of anilines is 3. The Labute approximate surface area is 148 Å². The summed E-state index contributed by atoms with van der Waals surface area (Å²) >= 11 is 0. The molecular formula is C16H17N7O3. The van der Waals surface area contributed by atoms with Crippen molar-refractivity contribution in [2.24, 2.45) is 0 Å². The lowest BCUT2D eigenvalue weighted by Crippen LogP contribution is -2.39. The standard InChI is InChI=1S/C16H17N7O3/c1-16(2,3)22(24)15-17-8-12-13(21-15)14(19-9-18-12)20-10-5-4-6-11(7-10)23(25)26/h4-9,24H,1-3H3,(H,18,19,20). The van der Waals surface area contributed by atoms with Crippen LogP contribution in [0.1, 0.15) is 20.8 Å². The lowest BCUT2D eigenvalue weighted by atomic mass is 10.1. The number of non-ortho nitro benzene ring substituents is 1. The molecule has 0 saturated carbocycles. The van der Waals surface area contributed by atoms with E-state index in [1.165, 1.54) is 24.7 Å². The van der Waals surface area contributed by atoms with Crippen molar-refractivity contribution >= 4 is 34.2 Å². The zero-order valence-corrected chi connectivity index (χ0v) is 14.4. The molecule has 0 amide bonds. The molecule has 0 spiro atoms. The Bertz CT molecular complexity index is 971. The first kappa shape index (κ1) is 17.4. The number of nitro benzene ring substituents is 1. The van der Waals surface area contributed by atoms with Crippen LogP contribution in [0.3, 0.4) is 0 Å². The van der Waals surface area contributed by atoms with Gasteiger partial charge in [0, 0.05) is 17.8 Å². The maximum Gasteiger partial charge on any atom is 0.271 e. The van der Waals surface area contributed by atoms with E-state index in [9.17, 15) is 15.3 Å². The maximum atomic E-state index is 10.9. The van der Waals surface area contributed by atoms with Gasteiger partial charge < -0.3 is 5.32 Å². The Hall–Kier alpha value is -3.40. The van der Waals surface area contributed by atoms with Crippen LogP contribution < -0.4 is 10.4 Å². The average Bonchev–Trinajstić information content (AvgIpc) is 2.60. The van der Waals surface area contributed by atoms with Crippen molar-refractivity contribution in [1.29, 1.82) is 0 Å². The van der Waals surface area contributed by atoms with Crippen molar-refractivity contribution in [3.63, 3.8) is 0 Å². The predicted molar refractivity (Wildman–Crippen MR) is 95.5 cm³/mol. The van der Waals surface area contributed by atoms with Gasteiger partial charge in [0.1, 0.15) is 17.4 Å². The fourth-order valence-electron chi connectivity index (χ4n) is 2.17. The van der Waals surface area contributed by atoms with Crippen LogP contribution in [0.4, 0.5) is 23.1 Å². The molecule has 26 heavy (non-hydrogen) atoms. The summed E-state index contributed by atoms with van der Waals surface area (Å²) in [6.45, 7) is 5.43. The van der Waals surface area contributed by atoms with E-state index >= 15 is 0 Å². The number of benzene rings is 1. The number of nitrogens with zero attached hydrogens (tertiary/aromatic N) is 6.